The smallest absolute Gasteiger partial charge is 2.00 e. The zero-order chi connectivity index (χ0) is 8.49. The van der Waals surface area contributed by atoms with E-state index in [-0.39, 0.29) is 73.1 Å². The number of hydrogen-bond donors (Lipinski definition) is 0. The Morgan fingerprint density at radius 2 is 0.571 bits per heavy atom. The van der Waals surface area contributed by atoms with Crippen LogP contribution < -0.4 is 9.97 Å². The van der Waals surface area contributed by atoms with Gasteiger partial charge < -0.3 is 38.3 Å². The SMILES string of the molecule is [Cr+4].[Cr+4].[O-2].[O-2].[O-2].[OH-].[OH-].[OH-].[OH-].c1cc[nH+]cc1.c1cc[nH+]cc1. The largest absolute Gasteiger partial charge is 4.00 e. The van der Waals surface area contributed by atoms with Crippen molar-refractivity contribution in [1.29, 1.82) is 0 Å². The van der Waals surface area contributed by atoms with E-state index in [4.69, 9.17) is 0 Å². The van der Waals surface area contributed by atoms with Crippen LogP contribution in [0.25, 0.3) is 0 Å². The van der Waals surface area contributed by atoms with Gasteiger partial charge in [0.05, 0.1) is 0 Å². The van der Waals surface area contributed by atoms with Crippen LogP contribution in [0.15, 0.2) is 61.2 Å². The molecule has 0 aliphatic heterocycles. The molecular weight excluding hydrogens is 364 g/mol. The Hall–Kier alpha value is -0.915. The van der Waals surface area contributed by atoms with E-state index in [9.17, 15) is 0 Å². The third kappa shape index (κ3) is 45.3. The molecule has 2 rings (SSSR count). The van der Waals surface area contributed by atoms with Crippen molar-refractivity contribution in [3.63, 3.8) is 0 Å². The van der Waals surface area contributed by atoms with Gasteiger partial charge >= 0.3 is 34.7 Å². The summed E-state index contributed by atoms with van der Waals surface area (Å²) in [5.41, 5.74) is 0. The van der Waals surface area contributed by atoms with Gasteiger partial charge in [-0.05, 0) is 0 Å². The van der Waals surface area contributed by atoms with E-state index < -0.39 is 0 Å². The van der Waals surface area contributed by atoms with Crippen LogP contribution in [0.5, 0.6) is 0 Å². The fraction of sp³-hybridized carbons (Fsp3) is 0. The fourth-order valence-corrected chi connectivity index (χ4v) is 0.684. The Morgan fingerprint density at radius 3 is 0.619 bits per heavy atom. The van der Waals surface area contributed by atoms with E-state index in [1.165, 1.54) is 0 Å². The average Bonchev–Trinajstić information content (AvgIpc) is 2.24. The quantitative estimate of drug-likeness (QED) is 0.610. The van der Waals surface area contributed by atoms with E-state index >= 15 is 0 Å². The summed E-state index contributed by atoms with van der Waals surface area (Å²) >= 11 is 0. The molecule has 2 aromatic heterocycles. The van der Waals surface area contributed by atoms with Crippen LogP contribution >= 0.6 is 0 Å². The van der Waals surface area contributed by atoms with Crippen LogP contribution in [-0.4, -0.2) is 21.9 Å². The van der Waals surface area contributed by atoms with Crippen LogP contribution in [0.1, 0.15) is 0 Å². The molecule has 0 fully saturated rings. The van der Waals surface area contributed by atoms with Crippen LogP contribution in [0.4, 0.5) is 0 Å². The molecule has 0 amide bonds. The number of aromatic amines is 2. The third-order valence-corrected chi connectivity index (χ3v) is 1.21. The summed E-state index contributed by atoms with van der Waals surface area (Å²) in [5, 5.41) is 0. The zero-order valence-electron chi connectivity index (χ0n) is 10.6. The van der Waals surface area contributed by atoms with Crippen LogP contribution in [-0.2, 0) is 51.2 Å². The van der Waals surface area contributed by atoms with Gasteiger partial charge in [0.15, 0.2) is 24.8 Å². The molecule has 120 valence electrons. The summed E-state index contributed by atoms with van der Waals surface area (Å²) in [6.07, 6.45) is 7.50. The van der Waals surface area contributed by atoms with Gasteiger partial charge in [0.2, 0.25) is 0 Å². The Bertz CT molecular complexity index is 211. The van der Waals surface area contributed by atoms with Gasteiger partial charge in [0.25, 0.3) is 0 Å². The summed E-state index contributed by atoms with van der Waals surface area (Å²) in [5.74, 6) is 0. The first-order valence-corrected chi connectivity index (χ1v) is 3.82. The predicted molar refractivity (Wildman–Crippen MR) is 55.8 cm³/mol. The fourth-order valence-electron chi connectivity index (χ4n) is 0.684. The monoisotopic (exact) mass is 380 g/mol. The van der Waals surface area contributed by atoms with Gasteiger partial charge in [-0.25, -0.2) is 9.97 Å². The first kappa shape index (κ1) is 59.5. The van der Waals surface area contributed by atoms with E-state index in [2.05, 4.69) is 9.97 Å². The van der Waals surface area contributed by atoms with E-state index in [1.807, 2.05) is 61.2 Å². The number of aromatic nitrogens is 2. The summed E-state index contributed by atoms with van der Waals surface area (Å²) in [6, 6.07) is 11.7. The molecule has 21 heavy (non-hydrogen) atoms. The van der Waals surface area contributed by atoms with Crippen molar-refractivity contribution in [1.82, 2.24) is 0 Å². The Balaban J connectivity index is -0.0000000137. The van der Waals surface area contributed by atoms with Crippen LogP contribution in [0, 0.1) is 0 Å². The van der Waals surface area contributed by atoms with E-state index in [1.54, 1.807) is 0 Å². The molecule has 9 nitrogen and oxygen atoms in total. The number of pyridine rings is 2. The van der Waals surface area contributed by atoms with Crippen molar-refractivity contribution >= 4 is 0 Å². The summed E-state index contributed by atoms with van der Waals surface area (Å²) in [6.45, 7) is 0. The first-order valence-electron chi connectivity index (χ1n) is 3.82. The second-order valence-corrected chi connectivity index (χ2v) is 2.15. The number of H-pyrrole nitrogens is 2. The van der Waals surface area contributed by atoms with Gasteiger partial charge in [-0.1, -0.05) is 12.1 Å². The topological polar surface area (TPSA) is 234 Å². The Morgan fingerprint density at radius 1 is 0.381 bits per heavy atom. The number of nitrogens with one attached hydrogen (secondary N) is 2. The van der Waals surface area contributed by atoms with Crippen molar-refractivity contribution in [2.75, 3.05) is 0 Å². The van der Waals surface area contributed by atoms with Gasteiger partial charge in [0.1, 0.15) is 0 Å². The third-order valence-electron chi connectivity index (χ3n) is 1.21. The molecule has 2 aromatic rings. The van der Waals surface area contributed by atoms with Crippen molar-refractivity contribution in [2.24, 2.45) is 0 Å². The first-order chi connectivity index (χ1) is 6.00. The van der Waals surface area contributed by atoms with Crippen LogP contribution in [0.2, 0.25) is 0 Å². The Kier molecular flexibility index (Phi) is 144. The average molecular weight is 380 g/mol. The minimum atomic E-state index is 0. The number of hydrogen-bond acceptors (Lipinski definition) is 4. The van der Waals surface area contributed by atoms with Crippen LogP contribution in [0.3, 0.4) is 0 Å². The molecule has 0 aliphatic carbocycles. The molecular formula is C10H16Cr2N2O7. The van der Waals surface area contributed by atoms with E-state index in [0.717, 1.165) is 0 Å². The molecule has 0 saturated carbocycles. The second kappa shape index (κ2) is 50.8. The van der Waals surface area contributed by atoms with E-state index in [0.29, 0.717) is 0 Å². The van der Waals surface area contributed by atoms with Crippen molar-refractivity contribution in [3.8, 4) is 0 Å². The van der Waals surface area contributed by atoms with Crippen molar-refractivity contribution < 1.29 is 83.0 Å². The molecule has 6 N–H and O–H groups in total. The molecule has 0 radical (unpaired) electrons. The molecule has 0 atom stereocenters. The van der Waals surface area contributed by atoms with Crippen molar-refractivity contribution in [3.05, 3.63) is 61.2 Å². The van der Waals surface area contributed by atoms with Gasteiger partial charge in [0, 0.05) is 24.3 Å². The minimum Gasteiger partial charge on any atom is -2.00 e. The van der Waals surface area contributed by atoms with Gasteiger partial charge in [-0.15, -0.1) is 0 Å². The molecule has 0 spiro atoms. The second-order valence-electron chi connectivity index (χ2n) is 2.15. The molecule has 11 heteroatoms. The summed E-state index contributed by atoms with van der Waals surface area (Å²) in [4.78, 5) is 5.78. The standard InChI is InChI=1S/2C5H5N.2Cr.4H2O.3O/c2*1-2-4-6-5-3-1;;;;;;;;;/h2*1-5H;;;4*1H2;;;/q;;2*+4;;;;;3*-2/p-2. The summed E-state index contributed by atoms with van der Waals surface area (Å²) in [7, 11) is 0. The Labute approximate surface area is 144 Å². The number of rotatable bonds is 0. The van der Waals surface area contributed by atoms with Crippen molar-refractivity contribution in [2.45, 2.75) is 0 Å². The molecule has 0 saturated heterocycles. The summed E-state index contributed by atoms with van der Waals surface area (Å²) < 4.78 is 0. The van der Waals surface area contributed by atoms with Gasteiger partial charge in [-0.3, -0.25) is 0 Å². The zero-order valence-corrected chi connectivity index (χ0v) is 13.2. The maximum absolute atomic E-state index is 2.89. The maximum atomic E-state index is 2.89. The minimum absolute atomic E-state index is 0. The normalized spacial score (nSPS) is 4.57. The molecule has 2 heterocycles. The molecule has 0 aliphatic rings. The molecule has 0 aromatic carbocycles. The maximum Gasteiger partial charge on any atom is 4.00 e. The molecule has 0 unspecified atom stereocenters. The van der Waals surface area contributed by atoms with Gasteiger partial charge in [-0.2, -0.15) is 0 Å². The molecule has 0 bridgehead atoms. The predicted octanol–water partition coefficient (Wildman–Crippen LogP) is -0.0672.